The highest BCUT2D eigenvalue weighted by Gasteiger charge is 2.27. The van der Waals surface area contributed by atoms with Gasteiger partial charge in [0, 0.05) is 10.5 Å². The summed E-state index contributed by atoms with van der Waals surface area (Å²) in [7, 11) is 0. The first-order chi connectivity index (χ1) is 6.88. The second-order valence-electron chi connectivity index (χ2n) is 2.91. The number of aromatic hydroxyl groups is 1. The van der Waals surface area contributed by atoms with Crippen molar-refractivity contribution in [3.63, 3.8) is 0 Å². The Morgan fingerprint density at radius 2 is 2.00 bits per heavy atom. The maximum Gasteiger partial charge on any atom is 0.248 e. The third-order valence-corrected chi connectivity index (χ3v) is 2.93. The second-order valence-corrected chi connectivity index (χ2v) is 6.04. The van der Waals surface area contributed by atoms with Crippen molar-refractivity contribution >= 4 is 61.8 Å². The molecule has 1 aromatic heterocycles. The van der Waals surface area contributed by atoms with E-state index in [0.29, 0.717) is 15.5 Å². The third kappa shape index (κ3) is 2.18. The standard InChI is InChI=1S/C8H4BrCl3N2O/c9-4-1-3(15)2-5-6(4)14-7(13-5)8(10,11)12/h1-2,15H,(H,13,14). The van der Waals surface area contributed by atoms with E-state index in [1.54, 1.807) is 0 Å². The largest absolute Gasteiger partial charge is 0.508 e. The van der Waals surface area contributed by atoms with Gasteiger partial charge in [-0.25, -0.2) is 4.98 Å². The van der Waals surface area contributed by atoms with Crippen molar-refractivity contribution in [2.24, 2.45) is 0 Å². The van der Waals surface area contributed by atoms with Gasteiger partial charge in [-0.1, -0.05) is 34.8 Å². The molecule has 0 aliphatic rings. The van der Waals surface area contributed by atoms with Crippen LogP contribution in [0.2, 0.25) is 0 Å². The summed E-state index contributed by atoms with van der Waals surface area (Å²) in [5.41, 5.74) is 1.21. The van der Waals surface area contributed by atoms with E-state index in [-0.39, 0.29) is 11.6 Å². The number of nitrogens with one attached hydrogen (secondary N) is 1. The molecule has 80 valence electrons. The smallest absolute Gasteiger partial charge is 0.248 e. The van der Waals surface area contributed by atoms with Crippen LogP contribution in [-0.2, 0) is 3.79 Å². The highest BCUT2D eigenvalue weighted by molar-refractivity contribution is 9.10. The fraction of sp³-hybridized carbons (Fsp3) is 0.125. The maximum atomic E-state index is 9.35. The van der Waals surface area contributed by atoms with Crippen molar-refractivity contribution in [2.75, 3.05) is 0 Å². The summed E-state index contributed by atoms with van der Waals surface area (Å²) in [6.07, 6.45) is 0. The number of fused-ring (bicyclic) bond motifs is 1. The highest BCUT2D eigenvalue weighted by atomic mass is 79.9. The Morgan fingerprint density at radius 3 is 2.60 bits per heavy atom. The summed E-state index contributed by atoms with van der Waals surface area (Å²) in [6, 6.07) is 3.03. The first kappa shape index (κ1) is 11.3. The van der Waals surface area contributed by atoms with Gasteiger partial charge in [-0.2, -0.15) is 0 Å². The fourth-order valence-electron chi connectivity index (χ4n) is 1.20. The Morgan fingerprint density at radius 1 is 1.33 bits per heavy atom. The Bertz CT molecular complexity index is 520. The van der Waals surface area contributed by atoms with Gasteiger partial charge < -0.3 is 10.1 Å². The zero-order chi connectivity index (χ0) is 11.2. The number of nitrogens with zero attached hydrogens (tertiary/aromatic N) is 1. The molecule has 0 saturated carbocycles. The number of phenolic OH excluding ortho intramolecular Hbond substituents is 1. The number of phenols is 1. The monoisotopic (exact) mass is 328 g/mol. The summed E-state index contributed by atoms with van der Waals surface area (Å²) in [6.45, 7) is 0. The minimum absolute atomic E-state index is 0.105. The lowest BCUT2D eigenvalue weighted by atomic mass is 10.3. The molecule has 0 unspecified atom stereocenters. The van der Waals surface area contributed by atoms with Crippen LogP contribution < -0.4 is 0 Å². The molecule has 2 aromatic rings. The molecule has 3 nitrogen and oxygen atoms in total. The molecule has 2 N–H and O–H groups in total. The quantitative estimate of drug-likeness (QED) is 0.721. The molecular formula is C8H4BrCl3N2O. The molecule has 7 heteroatoms. The van der Waals surface area contributed by atoms with Gasteiger partial charge in [0.1, 0.15) is 11.3 Å². The summed E-state index contributed by atoms with van der Waals surface area (Å²) >= 11 is 20.3. The number of imidazole rings is 1. The third-order valence-electron chi connectivity index (χ3n) is 1.79. The van der Waals surface area contributed by atoms with Crippen LogP contribution in [-0.4, -0.2) is 15.1 Å². The van der Waals surface area contributed by atoms with Crippen molar-refractivity contribution in [1.82, 2.24) is 9.97 Å². The lowest BCUT2D eigenvalue weighted by Gasteiger charge is -2.04. The van der Waals surface area contributed by atoms with Crippen molar-refractivity contribution in [3.8, 4) is 5.75 Å². The molecule has 0 bridgehead atoms. The molecule has 0 amide bonds. The molecular weight excluding hydrogens is 326 g/mol. The number of benzene rings is 1. The van der Waals surface area contributed by atoms with E-state index >= 15 is 0 Å². The van der Waals surface area contributed by atoms with Crippen LogP contribution in [0.4, 0.5) is 0 Å². The average molecular weight is 330 g/mol. The molecule has 0 radical (unpaired) electrons. The molecule has 0 aliphatic carbocycles. The lowest BCUT2D eigenvalue weighted by Crippen LogP contribution is -2.02. The van der Waals surface area contributed by atoms with Crippen molar-refractivity contribution in [1.29, 1.82) is 0 Å². The maximum absolute atomic E-state index is 9.35. The lowest BCUT2D eigenvalue weighted by molar-refractivity contribution is 0.475. The topological polar surface area (TPSA) is 48.9 Å². The molecule has 2 rings (SSSR count). The molecule has 1 heterocycles. The van der Waals surface area contributed by atoms with Gasteiger partial charge >= 0.3 is 0 Å². The summed E-state index contributed by atoms with van der Waals surface area (Å²) < 4.78 is -0.970. The predicted octanol–water partition coefficient (Wildman–Crippen LogP) is 3.86. The molecule has 15 heavy (non-hydrogen) atoms. The van der Waals surface area contributed by atoms with Crippen LogP contribution in [0.1, 0.15) is 5.82 Å². The minimum Gasteiger partial charge on any atom is -0.508 e. The second kappa shape index (κ2) is 3.70. The van der Waals surface area contributed by atoms with Crippen LogP contribution in [0, 0.1) is 0 Å². The first-order valence-electron chi connectivity index (χ1n) is 3.83. The zero-order valence-corrected chi connectivity index (χ0v) is 10.9. The number of alkyl halides is 3. The van der Waals surface area contributed by atoms with E-state index < -0.39 is 3.79 Å². The van der Waals surface area contributed by atoms with Crippen molar-refractivity contribution in [3.05, 3.63) is 22.4 Å². The van der Waals surface area contributed by atoms with E-state index in [2.05, 4.69) is 25.9 Å². The summed E-state index contributed by atoms with van der Waals surface area (Å²) in [4.78, 5) is 6.94. The van der Waals surface area contributed by atoms with Gasteiger partial charge in [0.05, 0.1) is 5.52 Å². The van der Waals surface area contributed by atoms with E-state index in [4.69, 9.17) is 34.8 Å². The van der Waals surface area contributed by atoms with Gasteiger partial charge in [-0.3, -0.25) is 0 Å². The van der Waals surface area contributed by atoms with Crippen LogP contribution >= 0.6 is 50.7 Å². The van der Waals surface area contributed by atoms with Gasteiger partial charge in [-0.15, -0.1) is 0 Å². The number of hydrogen-bond acceptors (Lipinski definition) is 2. The van der Waals surface area contributed by atoms with Crippen LogP contribution in [0.3, 0.4) is 0 Å². The highest BCUT2D eigenvalue weighted by Crippen LogP contribution is 2.38. The number of aromatic nitrogens is 2. The van der Waals surface area contributed by atoms with Crippen molar-refractivity contribution in [2.45, 2.75) is 3.79 Å². The van der Waals surface area contributed by atoms with Crippen LogP contribution in [0.5, 0.6) is 5.75 Å². The molecule has 0 atom stereocenters. The molecule has 0 fully saturated rings. The fourth-order valence-corrected chi connectivity index (χ4v) is 2.00. The molecule has 0 spiro atoms. The number of hydrogen-bond donors (Lipinski definition) is 2. The number of H-pyrrole nitrogens is 1. The Labute approximate surface area is 108 Å². The summed E-state index contributed by atoms with van der Waals surface area (Å²) in [5.74, 6) is 0.322. The van der Waals surface area contributed by atoms with Gasteiger partial charge in [0.15, 0.2) is 5.82 Å². The van der Waals surface area contributed by atoms with Crippen molar-refractivity contribution < 1.29 is 5.11 Å². The Balaban J connectivity index is 2.71. The van der Waals surface area contributed by atoms with Crippen LogP contribution in [0.25, 0.3) is 11.0 Å². The summed E-state index contributed by atoms with van der Waals surface area (Å²) in [5, 5.41) is 9.35. The zero-order valence-electron chi connectivity index (χ0n) is 7.06. The number of rotatable bonds is 0. The number of aromatic amines is 1. The molecule has 1 aromatic carbocycles. The predicted molar refractivity (Wildman–Crippen MR) is 64.7 cm³/mol. The SMILES string of the molecule is Oc1cc(Br)c2nc(C(Cl)(Cl)Cl)[nH]c2c1. The minimum atomic E-state index is -1.60. The van der Waals surface area contributed by atoms with E-state index in [1.807, 2.05) is 0 Å². The number of halogens is 4. The molecule has 0 saturated heterocycles. The Hall–Kier alpha value is -0.160. The average Bonchev–Trinajstić information content (AvgIpc) is 2.46. The molecule has 0 aliphatic heterocycles. The Kier molecular flexibility index (Phi) is 2.79. The van der Waals surface area contributed by atoms with E-state index in [9.17, 15) is 5.11 Å². The van der Waals surface area contributed by atoms with E-state index in [0.717, 1.165) is 0 Å². The van der Waals surface area contributed by atoms with E-state index in [1.165, 1.54) is 12.1 Å². The van der Waals surface area contributed by atoms with Gasteiger partial charge in [0.25, 0.3) is 0 Å². The van der Waals surface area contributed by atoms with Gasteiger partial charge in [-0.05, 0) is 22.0 Å². The normalized spacial score (nSPS) is 12.3. The first-order valence-corrected chi connectivity index (χ1v) is 5.76. The van der Waals surface area contributed by atoms with Crippen LogP contribution in [0.15, 0.2) is 16.6 Å². The van der Waals surface area contributed by atoms with Gasteiger partial charge in [0.2, 0.25) is 3.79 Å².